The zero-order valence-electron chi connectivity index (χ0n) is 12.1. The van der Waals surface area contributed by atoms with Crippen molar-refractivity contribution in [3.63, 3.8) is 0 Å². The second-order valence-corrected chi connectivity index (χ2v) is 5.09. The Kier molecular flexibility index (Phi) is 4.27. The molecular weight excluding hydrogens is 256 g/mol. The number of nitrogens with one attached hydrogen (secondary N) is 2. The number of methoxy groups -OCH3 is 1. The van der Waals surface area contributed by atoms with Crippen LogP contribution in [0.3, 0.4) is 0 Å². The maximum atomic E-state index is 11.3. The zero-order chi connectivity index (χ0) is 14.7. The fourth-order valence-corrected chi connectivity index (χ4v) is 2.76. The molecule has 0 aromatic heterocycles. The van der Waals surface area contributed by atoms with Gasteiger partial charge < -0.3 is 15.4 Å². The summed E-state index contributed by atoms with van der Waals surface area (Å²) in [6.45, 7) is 3.03. The van der Waals surface area contributed by atoms with Crippen molar-refractivity contribution < 1.29 is 14.3 Å². The molecular formula is C15H20N2O3. The molecule has 0 fully saturated rings. The van der Waals surface area contributed by atoms with Gasteiger partial charge in [-0.1, -0.05) is 0 Å². The van der Waals surface area contributed by atoms with Gasteiger partial charge in [0.2, 0.25) is 11.8 Å². The summed E-state index contributed by atoms with van der Waals surface area (Å²) in [7, 11) is 1.63. The van der Waals surface area contributed by atoms with E-state index in [1.807, 2.05) is 12.1 Å². The zero-order valence-corrected chi connectivity index (χ0v) is 12.1. The highest BCUT2D eigenvalue weighted by atomic mass is 16.5. The van der Waals surface area contributed by atoms with Crippen molar-refractivity contribution in [1.82, 2.24) is 5.32 Å². The molecule has 0 bridgehead atoms. The lowest BCUT2D eigenvalue weighted by atomic mass is 9.86. The van der Waals surface area contributed by atoms with Crippen molar-refractivity contribution in [2.24, 2.45) is 0 Å². The number of hydrogen-bond donors (Lipinski definition) is 2. The monoisotopic (exact) mass is 276 g/mol. The van der Waals surface area contributed by atoms with Crippen LogP contribution >= 0.6 is 0 Å². The number of carbonyl (C=O) groups excluding carboxylic acids is 2. The summed E-state index contributed by atoms with van der Waals surface area (Å²) >= 11 is 0. The third-order valence-electron chi connectivity index (χ3n) is 3.52. The Morgan fingerprint density at radius 2 is 1.95 bits per heavy atom. The molecule has 1 aromatic rings. The molecule has 1 aliphatic rings. The second-order valence-electron chi connectivity index (χ2n) is 5.09. The van der Waals surface area contributed by atoms with Crippen molar-refractivity contribution in [3.8, 4) is 5.75 Å². The van der Waals surface area contributed by atoms with E-state index in [0.29, 0.717) is 0 Å². The lowest BCUT2D eigenvalue weighted by Crippen LogP contribution is -2.37. The standard InChI is InChI=1S/C15H20N2O3/c1-9(18)16-11-4-5-12-13(8-11)15(20-3)7-6-14(12)17-10(2)19/h6-7,11H,4-5,8H2,1-3H3,(H,16,18)(H,17,19). The number of benzene rings is 1. The van der Waals surface area contributed by atoms with Crippen molar-refractivity contribution >= 4 is 17.5 Å². The highest BCUT2D eigenvalue weighted by molar-refractivity contribution is 5.90. The van der Waals surface area contributed by atoms with Crippen LogP contribution < -0.4 is 15.4 Å². The van der Waals surface area contributed by atoms with Crippen LogP contribution in [0.1, 0.15) is 31.4 Å². The average molecular weight is 276 g/mol. The van der Waals surface area contributed by atoms with Crippen LogP contribution in [0.2, 0.25) is 0 Å². The lowest BCUT2D eigenvalue weighted by Gasteiger charge is -2.28. The maximum Gasteiger partial charge on any atom is 0.221 e. The lowest BCUT2D eigenvalue weighted by molar-refractivity contribution is -0.119. The van der Waals surface area contributed by atoms with Gasteiger partial charge in [-0.2, -0.15) is 0 Å². The van der Waals surface area contributed by atoms with Crippen LogP contribution in [0, 0.1) is 0 Å². The van der Waals surface area contributed by atoms with Gasteiger partial charge in [-0.3, -0.25) is 9.59 Å². The van der Waals surface area contributed by atoms with Crippen LogP contribution in [0.5, 0.6) is 5.75 Å². The van der Waals surface area contributed by atoms with Gasteiger partial charge in [-0.25, -0.2) is 0 Å². The molecule has 2 N–H and O–H groups in total. The minimum atomic E-state index is -0.0821. The molecule has 0 spiro atoms. The summed E-state index contributed by atoms with van der Waals surface area (Å²) in [6.07, 6.45) is 2.41. The van der Waals surface area contributed by atoms with Gasteiger partial charge in [-0.05, 0) is 37.0 Å². The Hall–Kier alpha value is -2.04. The van der Waals surface area contributed by atoms with E-state index < -0.39 is 0 Å². The van der Waals surface area contributed by atoms with Crippen molar-refractivity contribution in [2.45, 2.75) is 39.2 Å². The van der Waals surface area contributed by atoms with E-state index in [-0.39, 0.29) is 17.9 Å². The first-order valence-electron chi connectivity index (χ1n) is 6.74. The Morgan fingerprint density at radius 1 is 1.20 bits per heavy atom. The largest absolute Gasteiger partial charge is 0.496 e. The Labute approximate surface area is 118 Å². The quantitative estimate of drug-likeness (QED) is 0.882. The minimum Gasteiger partial charge on any atom is -0.496 e. The summed E-state index contributed by atoms with van der Waals surface area (Å²) in [5, 5.41) is 5.81. The summed E-state index contributed by atoms with van der Waals surface area (Å²) in [5.41, 5.74) is 3.03. The van der Waals surface area contributed by atoms with Gasteiger partial charge in [0.25, 0.3) is 0 Å². The fourth-order valence-electron chi connectivity index (χ4n) is 2.76. The third kappa shape index (κ3) is 3.10. The average Bonchev–Trinajstić information content (AvgIpc) is 2.37. The maximum absolute atomic E-state index is 11.3. The molecule has 0 saturated carbocycles. The summed E-state index contributed by atoms with van der Waals surface area (Å²) < 4.78 is 5.40. The summed E-state index contributed by atoms with van der Waals surface area (Å²) in [4.78, 5) is 22.5. The van der Waals surface area contributed by atoms with E-state index >= 15 is 0 Å². The number of anilines is 1. The first kappa shape index (κ1) is 14.4. The normalized spacial score (nSPS) is 17.1. The summed E-state index contributed by atoms with van der Waals surface area (Å²) in [5.74, 6) is 0.709. The van der Waals surface area contributed by atoms with Crippen LogP contribution in [-0.4, -0.2) is 25.0 Å². The van der Waals surface area contributed by atoms with E-state index in [0.717, 1.165) is 41.8 Å². The molecule has 5 heteroatoms. The van der Waals surface area contributed by atoms with Crippen LogP contribution in [0.15, 0.2) is 12.1 Å². The fraction of sp³-hybridized carbons (Fsp3) is 0.467. The first-order chi connectivity index (χ1) is 9.51. The number of hydrogen-bond acceptors (Lipinski definition) is 3. The van der Waals surface area contributed by atoms with Gasteiger partial charge in [0.15, 0.2) is 0 Å². The number of fused-ring (bicyclic) bond motifs is 1. The van der Waals surface area contributed by atoms with E-state index in [9.17, 15) is 9.59 Å². The van der Waals surface area contributed by atoms with Crippen molar-refractivity contribution in [3.05, 3.63) is 23.3 Å². The van der Waals surface area contributed by atoms with Gasteiger partial charge in [0.1, 0.15) is 5.75 Å². The predicted molar refractivity (Wildman–Crippen MR) is 76.9 cm³/mol. The van der Waals surface area contributed by atoms with E-state index in [1.54, 1.807) is 7.11 Å². The molecule has 108 valence electrons. The van der Waals surface area contributed by atoms with Gasteiger partial charge in [0, 0.05) is 31.1 Å². The molecule has 20 heavy (non-hydrogen) atoms. The molecule has 2 rings (SSSR count). The molecule has 0 aliphatic heterocycles. The Bertz CT molecular complexity index is 540. The van der Waals surface area contributed by atoms with Gasteiger partial charge in [0.05, 0.1) is 7.11 Å². The van der Waals surface area contributed by atoms with Crippen LogP contribution in [0.25, 0.3) is 0 Å². The molecule has 0 radical (unpaired) electrons. The number of ether oxygens (including phenoxy) is 1. The van der Waals surface area contributed by atoms with E-state index in [4.69, 9.17) is 4.74 Å². The van der Waals surface area contributed by atoms with Crippen molar-refractivity contribution in [1.29, 1.82) is 0 Å². The molecule has 0 heterocycles. The van der Waals surface area contributed by atoms with Gasteiger partial charge >= 0.3 is 0 Å². The molecule has 1 aliphatic carbocycles. The molecule has 1 aromatic carbocycles. The smallest absolute Gasteiger partial charge is 0.221 e. The highest BCUT2D eigenvalue weighted by Crippen LogP contribution is 2.34. The Morgan fingerprint density at radius 3 is 2.55 bits per heavy atom. The number of amides is 2. The third-order valence-corrected chi connectivity index (χ3v) is 3.52. The van der Waals surface area contributed by atoms with Gasteiger partial charge in [-0.15, -0.1) is 0 Å². The van der Waals surface area contributed by atoms with Crippen molar-refractivity contribution in [2.75, 3.05) is 12.4 Å². The molecule has 1 unspecified atom stereocenters. The Balaban J connectivity index is 2.33. The minimum absolute atomic E-state index is 0.0181. The van der Waals surface area contributed by atoms with E-state index in [1.165, 1.54) is 13.8 Å². The van der Waals surface area contributed by atoms with Crippen LogP contribution in [-0.2, 0) is 22.4 Å². The molecule has 0 saturated heterocycles. The predicted octanol–water partition coefficient (Wildman–Crippen LogP) is 1.65. The SMILES string of the molecule is COc1ccc(NC(C)=O)c2c1CC(NC(C)=O)CC2. The molecule has 5 nitrogen and oxygen atoms in total. The first-order valence-corrected chi connectivity index (χ1v) is 6.74. The molecule has 1 atom stereocenters. The molecule has 2 amide bonds. The number of rotatable bonds is 3. The topological polar surface area (TPSA) is 67.4 Å². The number of carbonyl (C=O) groups is 2. The summed E-state index contributed by atoms with van der Waals surface area (Å²) in [6, 6.07) is 3.86. The second kappa shape index (κ2) is 5.94. The van der Waals surface area contributed by atoms with Crippen LogP contribution in [0.4, 0.5) is 5.69 Å². The highest BCUT2D eigenvalue weighted by Gasteiger charge is 2.24. The van der Waals surface area contributed by atoms with E-state index in [2.05, 4.69) is 10.6 Å².